The molecule has 2 unspecified atom stereocenters. The van der Waals surface area contributed by atoms with Crippen LogP contribution in [0.25, 0.3) is 0 Å². The Labute approximate surface area is 128 Å². The van der Waals surface area contributed by atoms with E-state index in [1.807, 2.05) is 4.90 Å². The maximum Gasteiger partial charge on any atom is 0.241 e. The molecule has 1 aromatic carbocycles. The predicted octanol–water partition coefficient (Wildman–Crippen LogP) is 1.47. The van der Waals surface area contributed by atoms with Crippen molar-refractivity contribution in [2.45, 2.75) is 19.1 Å². The Bertz CT molecular complexity index is 573. The summed E-state index contributed by atoms with van der Waals surface area (Å²) in [5.41, 5.74) is 6.76. The molecule has 1 amide bonds. The van der Waals surface area contributed by atoms with E-state index in [9.17, 15) is 4.79 Å². The lowest BCUT2D eigenvalue weighted by atomic mass is 10.2. The Balaban J connectivity index is 2.02. The zero-order chi connectivity index (χ0) is 15.4. The number of halogens is 1. The molecule has 0 spiro atoms. The Morgan fingerprint density at radius 3 is 3.14 bits per heavy atom. The predicted molar refractivity (Wildman–Crippen MR) is 80.9 cm³/mol. The van der Waals surface area contributed by atoms with Crippen molar-refractivity contribution < 1.29 is 9.53 Å². The minimum atomic E-state index is -0.495. The number of anilines is 2. The summed E-state index contributed by atoms with van der Waals surface area (Å²) >= 11 is 5.90. The second-order valence-corrected chi connectivity index (χ2v) is 5.32. The van der Waals surface area contributed by atoms with Crippen LogP contribution in [0.1, 0.15) is 6.92 Å². The van der Waals surface area contributed by atoms with Crippen LogP contribution in [0.2, 0.25) is 5.02 Å². The van der Waals surface area contributed by atoms with Crippen molar-refractivity contribution >= 4 is 28.9 Å². The molecule has 2 rings (SSSR count). The summed E-state index contributed by atoms with van der Waals surface area (Å²) in [4.78, 5) is 14.2. The molecule has 1 aromatic rings. The summed E-state index contributed by atoms with van der Waals surface area (Å²) in [7, 11) is 0. The van der Waals surface area contributed by atoms with Crippen LogP contribution >= 0.6 is 11.6 Å². The minimum absolute atomic E-state index is 0.192. The van der Waals surface area contributed by atoms with Crippen molar-refractivity contribution in [2.24, 2.45) is 0 Å². The SMILES string of the molecule is CC(C(=O)Nc1cc(Cl)ccc1N)N1CCOC(C#N)C1. The maximum atomic E-state index is 12.3. The molecule has 1 aliphatic heterocycles. The lowest BCUT2D eigenvalue weighted by molar-refractivity contribution is -0.123. The van der Waals surface area contributed by atoms with Gasteiger partial charge < -0.3 is 15.8 Å². The van der Waals surface area contributed by atoms with E-state index in [2.05, 4.69) is 11.4 Å². The standard InChI is InChI=1S/C14H17ClN4O2/c1-9(19-4-5-21-11(7-16)8-19)14(20)18-13-6-10(15)2-3-12(13)17/h2-3,6,9,11H,4-5,8,17H2,1H3,(H,18,20). The van der Waals surface area contributed by atoms with Gasteiger partial charge in [-0.25, -0.2) is 0 Å². The number of carbonyl (C=O) groups excluding carboxylic acids is 1. The zero-order valence-electron chi connectivity index (χ0n) is 11.7. The fraction of sp³-hybridized carbons (Fsp3) is 0.429. The molecule has 3 N–H and O–H groups in total. The Morgan fingerprint density at radius 1 is 1.67 bits per heavy atom. The van der Waals surface area contributed by atoms with Gasteiger partial charge in [0.2, 0.25) is 5.91 Å². The van der Waals surface area contributed by atoms with Gasteiger partial charge in [0, 0.05) is 18.1 Å². The van der Waals surface area contributed by atoms with Gasteiger partial charge in [0.15, 0.2) is 6.10 Å². The number of nitriles is 1. The number of nitrogens with one attached hydrogen (secondary N) is 1. The average Bonchev–Trinajstić information content (AvgIpc) is 2.50. The molecule has 0 radical (unpaired) electrons. The van der Waals surface area contributed by atoms with Crippen molar-refractivity contribution in [3.05, 3.63) is 23.2 Å². The molecule has 21 heavy (non-hydrogen) atoms. The van der Waals surface area contributed by atoms with Gasteiger partial charge in [-0.05, 0) is 25.1 Å². The van der Waals surface area contributed by atoms with Crippen molar-refractivity contribution in [3.63, 3.8) is 0 Å². The van der Waals surface area contributed by atoms with Gasteiger partial charge in [-0.2, -0.15) is 5.26 Å². The maximum absolute atomic E-state index is 12.3. The Kier molecular flexibility index (Phi) is 5.02. The van der Waals surface area contributed by atoms with E-state index in [1.165, 1.54) is 0 Å². The van der Waals surface area contributed by atoms with E-state index < -0.39 is 6.10 Å². The molecule has 112 valence electrons. The number of nitrogens with two attached hydrogens (primary N) is 1. The fourth-order valence-electron chi connectivity index (χ4n) is 2.14. The summed E-state index contributed by atoms with van der Waals surface area (Å²) in [6.07, 6.45) is -0.495. The number of ether oxygens (including phenoxy) is 1. The van der Waals surface area contributed by atoms with Gasteiger partial charge in [0.1, 0.15) is 0 Å². The fourth-order valence-corrected chi connectivity index (χ4v) is 2.31. The van der Waals surface area contributed by atoms with E-state index in [1.54, 1.807) is 25.1 Å². The highest BCUT2D eigenvalue weighted by Crippen LogP contribution is 2.23. The molecule has 2 atom stereocenters. The first-order chi connectivity index (χ1) is 10.0. The molecular weight excluding hydrogens is 292 g/mol. The van der Waals surface area contributed by atoms with Crippen LogP contribution in [0.5, 0.6) is 0 Å². The molecule has 6 nitrogen and oxygen atoms in total. The van der Waals surface area contributed by atoms with Gasteiger partial charge in [-0.1, -0.05) is 11.6 Å². The first kappa shape index (κ1) is 15.6. The minimum Gasteiger partial charge on any atom is -0.397 e. The summed E-state index contributed by atoms with van der Waals surface area (Å²) in [6.45, 7) is 3.25. The second-order valence-electron chi connectivity index (χ2n) is 4.88. The van der Waals surface area contributed by atoms with Crippen LogP contribution in [0.4, 0.5) is 11.4 Å². The van der Waals surface area contributed by atoms with Gasteiger partial charge >= 0.3 is 0 Å². The number of nitrogens with zero attached hydrogens (tertiary/aromatic N) is 2. The zero-order valence-corrected chi connectivity index (χ0v) is 12.4. The number of hydrogen-bond donors (Lipinski definition) is 2. The molecule has 0 saturated carbocycles. The first-order valence-corrected chi connectivity index (χ1v) is 7.00. The number of rotatable bonds is 3. The summed E-state index contributed by atoms with van der Waals surface area (Å²) in [5, 5.41) is 12.2. The largest absolute Gasteiger partial charge is 0.397 e. The third kappa shape index (κ3) is 3.85. The van der Waals surface area contributed by atoms with E-state index in [0.717, 1.165) is 0 Å². The van der Waals surface area contributed by atoms with E-state index in [0.29, 0.717) is 36.1 Å². The summed E-state index contributed by atoms with van der Waals surface area (Å²) in [5.74, 6) is -0.192. The van der Waals surface area contributed by atoms with Crippen LogP contribution in [-0.2, 0) is 9.53 Å². The normalized spacial score (nSPS) is 20.5. The average molecular weight is 309 g/mol. The van der Waals surface area contributed by atoms with E-state index in [-0.39, 0.29) is 11.9 Å². The van der Waals surface area contributed by atoms with Gasteiger partial charge in [-0.3, -0.25) is 9.69 Å². The lowest BCUT2D eigenvalue weighted by Gasteiger charge is -2.33. The highest BCUT2D eigenvalue weighted by molar-refractivity contribution is 6.31. The molecule has 1 saturated heterocycles. The second kappa shape index (κ2) is 6.76. The highest BCUT2D eigenvalue weighted by Gasteiger charge is 2.28. The molecule has 1 heterocycles. The van der Waals surface area contributed by atoms with Crippen molar-refractivity contribution in [2.75, 3.05) is 30.7 Å². The number of hydrogen-bond acceptors (Lipinski definition) is 5. The number of carbonyl (C=O) groups is 1. The topological polar surface area (TPSA) is 91.4 Å². The molecule has 0 bridgehead atoms. The first-order valence-electron chi connectivity index (χ1n) is 6.62. The number of amides is 1. The molecular formula is C14H17ClN4O2. The molecule has 1 aliphatic rings. The quantitative estimate of drug-likeness (QED) is 0.825. The molecule has 0 aliphatic carbocycles. The van der Waals surface area contributed by atoms with E-state index in [4.69, 9.17) is 27.3 Å². The number of benzene rings is 1. The molecule has 7 heteroatoms. The van der Waals surface area contributed by atoms with Gasteiger partial charge in [0.25, 0.3) is 0 Å². The summed E-state index contributed by atoms with van der Waals surface area (Å²) < 4.78 is 5.27. The molecule has 1 fully saturated rings. The number of nitrogen functional groups attached to an aromatic ring is 1. The van der Waals surface area contributed by atoms with Crippen molar-refractivity contribution in [3.8, 4) is 6.07 Å². The van der Waals surface area contributed by atoms with Crippen LogP contribution < -0.4 is 11.1 Å². The Hall–Kier alpha value is -1.81. The smallest absolute Gasteiger partial charge is 0.241 e. The Morgan fingerprint density at radius 2 is 2.43 bits per heavy atom. The summed E-state index contributed by atoms with van der Waals surface area (Å²) in [6, 6.07) is 6.59. The van der Waals surface area contributed by atoms with Gasteiger partial charge in [0.05, 0.1) is 30.1 Å². The third-order valence-corrected chi connectivity index (χ3v) is 3.68. The van der Waals surface area contributed by atoms with Gasteiger partial charge in [-0.15, -0.1) is 0 Å². The highest BCUT2D eigenvalue weighted by atomic mass is 35.5. The van der Waals surface area contributed by atoms with E-state index >= 15 is 0 Å². The van der Waals surface area contributed by atoms with Crippen LogP contribution in [0.3, 0.4) is 0 Å². The van der Waals surface area contributed by atoms with Crippen molar-refractivity contribution in [1.82, 2.24) is 4.90 Å². The lowest BCUT2D eigenvalue weighted by Crippen LogP contribution is -2.50. The van der Waals surface area contributed by atoms with Crippen LogP contribution in [0, 0.1) is 11.3 Å². The third-order valence-electron chi connectivity index (χ3n) is 3.44. The number of morpholine rings is 1. The van der Waals surface area contributed by atoms with Crippen LogP contribution in [0.15, 0.2) is 18.2 Å². The van der Waals surface area contributed by atoms with Crippen molar-refractivity contribution in [1.29, 1.82) is 5.26 Å². The monoisotopic (exact) mass is 308 g/mol. The van der Waals surface area contributed by atoms with Crippen LogP contribution in [-0.4, -0.2) is 42.6 Å². The molecule has 0 aromatic heterocycles.